The Kier molecular flexibility index (Phi) is 5.62. The molecule has 0 aromatic carbocycles. The molecule has 0 atom stereocenters. The molecule has 3 heterocycles. The third-order valence-corrected chi connectivity index (χ3v) is 7.45. The summed E-state index contributed by atoms with van der Waals surface area (Å²) in [6.45, 7) is 8.09. The third-order valence-electron chi connectivity index (χ3n) is 5.29. The molecule has 1 aliphatic heterocycles. The van der Waals surface area contributed by atoms with E-state index >= 15 is 0 Å². The molecule has 1 amide bonds. The molecular formula is C18H28N6O3S. The van der Waals surface area contributed by atoms with Crippen LogP contribution in [0.3, 0.4) is 0 Å². The predicted molar refractivity (Wildman–Crippen MR) is 106 cm³/mol. The third kappa shape index (κ3) is 3.70. The zero-order valence-corrected chi connectivity index (χ0v) is 17.9. The van der Waals surface area contributed by atoms with Gasteiger partial charge in [0.15, 0.2) is 0 Å². The lowest BCUT2D eigenvalue weighted by molar-refractivity contribution is -0.117. The molecule has 0 aliphatic carbocycles. The average molecular weight is 409 g/mol. The molecule has 154 valence electrons. The fourth-order valence-corrected chi connectivity index (χ4v) is 5.60. The maximum absolute atomic E-state index is 13.1. The Morgan fingerprint density at radius 3 is 2.21 bits per heavy atom. The molecule has 10 heteroatoms. The number of anilines is 1. The van der Waals surface area contributed by atoms with Crippen LogP contribution in [0.4, 0.5) is 5.69 Å². The second kappa shape index (κ2) is 7.67. The summed E-state index contributed by atoms with van der Waals surface area (Å²) in [5.74, 6) is -0.272. The highest BCUT2D eigenvalue weighted by Crippen LogP contribution is 2.26. The lowest BCUT2D eigenvalue weighted by Crippen LogP contribution is -2.36. The van der Waals surface area contributed by atoms with Gasteiger partial charge in [-0.15, -0.1) is 0 Å². The molecule has 0 bridgehead atoms. The molecule has 1 aliphatic rings. The van der Waals surface area contributed by atoms with Crippen LogP contribution in [0.15, 0.2) is 4.90 Å². The summed E-state index contributed by atoms with van der Waals surface area (Å²) in [5, 5.41) is 11.5. The van der Waals surface area contributed by atoms with Gasteiger partial charge < -0.3 is 5.32 Å². The Labute approximate surface area is 165 Å². The van der Waals surface area contributed by atoms with Gasteiger partial charge >= 0.3 is 0 Å². The van der Waals surface area contributed by atoms with Gasteiger partial charge in [-0.3, -0.25) is 14.2 Å². The SMILES string of the molecule is Cc1nn(C)c(C)c1NC(=O)Cn1nc(C)c(S(=O)(=O)N2CCCCC2)c1C. The Bertz CT molecular complexity index is 999. The second-order valence-electron chi connectivity index (χ2n) is 7.34. The van der Waals surface area contributed by atoms with E-state index in [4.69, 9.17) is 0 Å². The van der Waals surface area contributed by atoms with Gasteiger partial charge in [-0.2, -0.15) is 14.5 Å². The number of aromatic nitrogens is 4. The molecule has 0 spiro atoms. The summed E-state index contributed by atoms with van der Waals surface area (Å²) in [6, 6.07) is 0. The summed E-state index contributed by atoms with van der Waals surface area (Å²) in [6.07, 6.45) is 2.80. The van der Waals surface area contributed by atoms with Crippen molar-refractivity contribution in [1.82, 2.24) is 23.9 Å². The Balaban J connectivity index is 1.82. The first-order valence-electron chi connectivity index (χ1n) is 9.47. The summed E-state index contributed by atoms with van der Waals surface area (Å²) >= 11 is 0. The minimum absolute atomic E-state index is 0.0596. The first-order valence-corrected chi connectivity index (χ1v) is 10.9. The van der Waals surface area contributed by atoms with Crippen LogP contribution in [0, 0.1) is 27.7 Å². The van der Waals surface area contributed by atoms with Crippen molar-refractivity contribution in [2.24, 2.45) is 7.05 Å². The zero-order chi connectivity index (χ0) is 20.6. The number of hydrogen-bond acceptors (Lipinski definition) is 5. The minimum Gasteiger partial charge on any atom is -0.321 e. The first-order chi connectivity index (χ1) is 13.1. The van der Waals surface area contributed by atoms with E-state index in [-0.39, 0.29) is 17.3 Å². The summed E-state index contributed by atoms with van der Waals surface area (Å²) in [4.78, 5) is 12.8. The van der Waals surface area contributed by atoms with Crippen molar-refractivity contribution in [2.45, 2.75) is 58.4 Å². The number of amides is 1. The smallest absolute Gasteiger partial charge is 0.246 e. The van der Waals surface area contributed by atoms with E-state index in [1.807, 2.05) is 20.9 Å². The van der Waals surface area contributed by atoms with E-state index in [9.17, 15) is 13.2 Å². The average Bonchev–Trinajstić information content (AvgIpc) is 3.05. The van der Waals surface area contributed by atoms with Crippen LogP contribution >= 0.6 is 0 Å². The molecule has 1 fully saturated rings. The van der Waals surface area contributed by atoms with E-state index in [0.717, 1.165) is 30.7 Å². The number of rotatable bonds is 5. The number of carbonyl (C=O) groups excluding carboxylic acids is 1. The van der Waals surface area contributed by atoms with Crippen LogP contribution in [-0.4, -0.2) is 51.3 Å². The lowest BCUT2D eigenvalue weighted by Gasteiger charge is -2.25. The van der Waals surface area contributed by atoms with Gasteiger partial charge in [-0.05, 0) is 40.5 Å². The molecule has 0 saturated carbocycles. The molecule has 2 aromatic heterocycles. The highest BCUT2D eigenvalue weighted by Gasteiger charge is 2.32. The van der Waals surface area contributed by atoms with Crippen LogP contribution in [0.2, 0.25) is 0 Å². The van der Waals surface area contributed by atoms with E-state index in [1.54, 1.807) is 18.5 Å². The zero-order valence-electron chi connectivity index (χ0n) is 17.1. The molecule has 1 saturated heterocycles. The highest BCUT2D eigenvalue weighted by atomic mass is 32.2. The number of hydrogen-bond donors (Lipinski definition) is 1. The van der Waals surface area contributed by atoms with Gasteiger partial charge in [0.25, 0.3) is 0 Å². The number of piperidine rings is 1. The van der Waals surface area contributed by atoms with Crippen LogP contribution in [0.1, 0.15) is 42.0 Å². The molecule has 28 heavy (non-hydrogen) atoms. The van der Waals surface area contributed by atoms with E-state index in [2.05, 4.69) is 15.5 Å². The Morgan fingerprint density at radius 1 is 1.00 bits per heavy atom. The van der Waals surface area contributed by atoms with Gasteiger partial charge in [0.1, 0.15) is 11.4 Å². The molecule has 3 rings (SSSR count). The van der Waals surface area contributed by atoms with Crippen molar-refractivity contribution in [2.75, 3.05) is 18.4 Å². The maximum Gasteiger partial charge on any atom is 0.246 e. The molecule has 0 radical (unpaired) electrons. The Morgan fingerprint density at radius 2 is 1.64 bits per heavy atom. The van der Waals surface area contributed by atoms with Gasteiger partial charge in [0.2, 0.25) is 15.9 Å². The van der Waals surface area contributed by atoms with Gasteiger partial charge in [-0.25, -0.2) is 8.42 Å². The van der Waals surface area contributed by atoms with Crippen molar-refractivity contribution >= 4 is 21.6 Å². The molecule has 1 N–H and O–H groups in total. The number of carbonyl (C=O) groups is 1. The van der Waals surface area contributed by atoms with Crippen molar-refractivity contribution in [3.63, 3.8) is 0 Å². The number of nitrogens with one attached hydrogen (secondary N) is 1. The van der Waals surface area contributed by atoms with Crippen LogP contribution in [0.25, 0.3) is 0 Å². The summed E-state index contributed by atoms with van der Waals surface area (Å²) in [5.41, 5.74) is 3.17. The quantitative estimate of drug-likeness (QED) is 0.811. The molecule has 2 aromatic rings. The van der Waals surface area contributed by atoms with Crippen molar-refractivity contribution in [3.8, 4) is 0 Å². The molecule has 9 nitrogen and oxygen atoms in total. The first kappa shape index (κ1) is 20.5. The van der Waals surface area contributed by atoms with Crippen LogP contribution < -0.4 is 5.32 Å². The summed E-state index contributed by atoms with van der Waals surface area (Å²) in [7, 11) is -1.79. The Hall–Kier alpha value is -2.20. The number of sulfonamides is 1. The van der Waals surface area contributed by atoms with Crippen LogP contribution in [0.5, 0.6) is 0 Å². The molecular weight excluding hydrogens is 380 g/mol. The monoisotopic (exact) mass is 408 g/mol. The highest BCUT2D eigenvalue weighted by molar-refractivity contribution is 7.89. The van der Waals surface area contributed by atoms with E-state index in [0.29, 0.717) is 30.2 Å². The van der Waals surface area contributed by atoms with Crippen molar-refractivity contribution in [3.05, 3.63) is 22.8 Å². The second-order valence-corrected chi connectivity index (χ2v) is 9.21. The normalized spacial score (nSPS) is 15.8. The van der Waals surface area contributed by atoms with Gasteiger partial charge in [0, 0.05) is 20.1 Å². The largest absolute Gasteiger partial charge is 0.321 e. The van der Waals surface area contributed by atoms with E-state index < -0.39 is 10.0 Å². The maximum atomic E-state index is 13.1. The number of aryl methyl sites for hydroxylation is 3. The van der Waals surface area contributed by atoms with Crippen molar-refractivity contribution < 1.29 is 13.2 Å². The standard InChI is InChI=1S/C18H28N6O3S/c1-12-17(14(3)22(5)20-12)19-16(25)11-24-15(4)18(13(2)21-24)28(26,27)23-9-7-6-8-10-23/h6-11H2,1-5H3,(H,19,25). The fraction of sp³-hybridized carbons (Fsp3) is 0.611. The topological polar surface area (TPSA) is 102 Å². The van der Waals surface area contributed by atoms with Crippen LogP contribution in [-0.2, 0) is 28.4 Å². The summed E-state index contributed by atoms with van der Waals surface area (Å²) < 4.78 is 30.8. The van der Waals surface area contributed by atoms with Gasteiger partial charge in [-0.1, -0.05) is 6.42 Å². The molecule has 0 unspecified atom stereocenters. The minimum atomic E-state index is -3.60. The lowest BCUT2D eigenvalue weighted by atomic mass is 10.2. The van der Waals surface area contributed by atoms with Gasteiger partial charge in [0.05, 0.1) is 28.5 Å². The van der Waals surface area contributed by atoms with E-state index in [1.165, 1.54) is 8.99 Å². The fourth-order valence-electron chi connectivity index (χ4n) is 3.71. The predicted octanol–water partition coefficient (Wildman–Crippen LogP) is 1.66. The number of nitrogens with zero attached hydrogens (tertiary/aromatic N) is 5. The van der Waals surface area contributed by atoms with Crippen molar-refractivity contribution in [1.29, 1.82) is 0 Å².